The van der Waals surface area contributed by atoms with E-state index >= 15 is 0 Å². The average molecular weight is 415 g/mol. The molecular formula is C19H12ClFN4O2S. The second-order valence-electron chi connectivity index (χ2n) is 5.83. The van der Waals surface area contributed by atoms with E-state index in [0.29, 0.717) is 37.7 Å². The zero-order valence-electron chi connectivity index (χ0n) is 14.4. The number of carbonyl (C=O) groups is 1. The molecule has 0 bridgehead atoms. The van der Waals surface area contributed by atoms with Crippen molar-refractivity contribution in [1.82, 2.24) is 15.1 Å². The van der Waals surface area contributed by atoms with Gasteiger partial charge < -0.3 is 4.52 Å². The van der Waals surface area contributed by atoms with Gasteiger partial charge in [-0.1, -0.05) is 34.2 Å². The normalized spacial score (nSPS) is 10.8. The molecule has 0 spiro atoms. The fourth-order valence-corrected chi connectivity index (χ4v) is 3.55. The van der Waals surface area contributed by atoms with Crippen LogP contribution in [-0.4, -0.2) is 21.0 Å². The molecule has 0 unspecified atom stereocenters. The Morgan fingerprint density at radius 1 is 1.18 bits per heavy atom. The third kappa shape index (κ3) is 3.78. The maximum atomic E-state index is 13.1. The number of halogens is 2. The van der Waals surface area contributed by atoms with Crippen LogP contribution in [0.5, 0.6) is 0 Å². The molecule has 140 valence electrons. The molecule has 1 N–H and O–H groups in total. The Hall–Kier alpha value is -3.10. The third-order valence-electron chi connectivity index (χ3n) is 3.83. The fraction of sp³-hybridized carbons (Fsp3) is 0.0526. The minimum absolute atomic E-state index is 0.276. The van der Waals surface area contributed by atoms with E-state index in [9.17, 15) is 9.18 Å². The van der Waals surface area contributed by atoms with Crippen molar-refractivity contribution in [1.29, 1.82) is 0 Å². The summed E-state index contributed by atoms with van der Waals surface area (Å²) in [6.45, 7) is 1.78. The third-order valence-corrected chi connectivity index (χ3v) is 5.12. The van der Waals surface area contributed by atoms with Crippen LogP contribution in [0.4, 0.5) is 9.52 Å². The van der Waals surface area contributed by atoms with Crippen LogP contribution in [0, 0.1) is 12.7 Å². The molecule has 6 nitrogen and oxygen atoms in total. The highest BCUT2D eigenvalue weighted by Crippen LogP contribution is 2.33. The van der Waals surface area contributed by atoms with Crippen molar-refractivity contribution in [3.63, 3.8) is 0 Å². The number of nitrogens with zero attached hydrogens (tertiary/aromatic N) is 3. The minimum atomic E-state index is -0.342. The molecule has 28 heavy (non-hydrogen) atoms. The van der Waals surface area contributed by atoms with Gasteiger partial charge in [0.15, 0.2) is 5.13 Å². The molecule has 0 aliphatic carbocycles. The lowest BCUT2D eigenvalue weighted by atomic mass is 10.2. The molecular weight excluding hydrogens is 403 g/mol. The van der Waals surface area contributed by atoms with Crippen LogP contribution in [0.15, 0.2) is 53.1 Å². The monoisotopic (exact) mass is 414 g/mol. The van der Waals surface area contributed by atoms with Crippen LogP contribution in [0.1, 0.15) is 16.1 Å². The number of nitrogens with one attached hydrogen (secondary N) is 1. The summed E-state index contributed by atoms with van der Waals surface area (Å²) in [6, 6.07) is 12.4. The summed E-state index contributed by atoms with van der Waals surface area (Å²) in [5, 5.41) is 7.55. The number of aryl methyl sites for hydroxylation is 1. The van der Waals surface area contributed by atoms with Gasteiger partial charge in [-0.2, -0.15) is 4.98 Å². The SMILES string of the molecule is Cc1nc(NC(=O)c2cccc(Cl)c2)sc1-c1nc(-c2ccc(F)cc2)no1. The van der Waals surface area contributed by atoms with Gasteiger partial charge in [-0.25, -0.2) is 9.37 Å². The molecule has 0 fully saturated rings. The molecule has 0 aliphatic rings. The molecule has 2 aromatic carbocycles. The first kappa shape index (κ1) is 18.3. The zero-order chi connectivity index (χ0) is 19.7. The van der Waals surface area contributed by atoms with Crippen molar-refractivity contribution in [2.24, 2.45) is 0 Å². The lowest BCUT2D eigenvalue weighted by Gasteiger charge is -2.01. The zero-order valence-corrected chi connectivity index (χ0v) is 16.0. The maximum Gasteiger partial charge on any atom is 0.270 e. The van der Waals surface area contributed by atoms with Gasteiger partial charge in [0, 0.05) is 16.1 Å². The highest BCUT2D eigenvalue weighted by molar-refractivity contribution is 7.19. The van der Waals surface area contributed by atoms with Gasteiger partial charge in [-0.05, 0) is 49.4 Å². The fourth-order valence-electron chi connectivity index (χ4n) is 2.48. The number of amides is 1. The quantitative estimate of drug-likeness (QED) is 0.495. The Balaban J connectivity index is 1.56. The molecule has 4 aromatic rings. The van der Waals surface area contributed by atoms with Crippen molar-refractivity contribution in [2.45, 2.75) is 6.92 Å². The summed E-state index contributed by atoms with van der Waals surface area (Å²) < 4.78 is 18.4. The van der Waals surface area contributed by atoms with E-state index in [1.165, 1.54) is 23.5 Å². The van der Waals surface area contributed by atoms with Crippen LogP contribution in [0.25, 0.3) is 22.2 Å². The molecule has 0 aliphatic heterocycles. The van der Waals surface area contributed by atoms with E-state index in [2.05, 4.69) is 20.4 Å². The van der Waals surface area contributed by atoms with Crippen molar-refractivity contribution in [2.75, 3.05) is 5.32 Å². The van der Waals surface area contributed by atoms with E-state index in [4.69, 9.17) is 16.1 Å². The van der Waals surface area contributed by atoms with E-state index in [1.54, 1.807) is 43.3 Å². The summed E-state index contributed by atoms with van der Waals surface area (Å²) >= 11 is 7.14. The van der Waals surface area contributed by atoms with E-state index in [-0.39, 0.29) is 17.6 Å². The van der Waals surface area contributed by atoms with Gasteiger partial charge in [0.05, 0.1) is 5.69 Å². The van der Waals surface area contributed by atoms with Crippen LogP contribution < -0.4 is 5.32 Å². The van der Waals surface area contributed by atoms with Crippen LogP contribution in [0.3, 0.4) is 0 Å². The molecule has 0 atom stereocenters. The first-order chi connectivity index (χ1) is 13.5. The van der Waals surface area contributed by atoms with Gasteiger partial charge in [0.25, 0.3) is 11.8 Å². The largest absolute Gasteiger partial charge is 0.333 e. The summed E-state index contributed by atoms with van der Waals surface area (Å²) in [6.07, 6.45) is 0. The Kier molecular flexibility index (Phi) is 4.89. The molecule has 0 saturated heterocycles. The minimum Gasteiger partial charge on any atom is -0.333 e. The number of thiazole rings is 1. The lowest BCUT2D eigenvalue weighted by molar-refractivity contribution is 0.102. The van der Waals surface area contributed by atoms with Gasteiger partial charge in [-0.3, -0.25) is 10.1 Å². The predicted octanol–water partition coefficient (Wildman–Crippen LogP) is 5.21. The number of benzene rings is 2. The van der Waals surface area contributed by atoms with Crippen molar-refractivity contribution >= 4 is 34.0 Å². The summed E-state index contributed by atoms with van der Waals surface area (Å²) in [5.41, 5.74) is 1.70. The smallest absolute Gasteiger partial charge is 0.270 e. The highest BCUT2D eigenvalue weighted by atomic mass is 35.5. The number of rotatable bonds is 4. The Morgan fingerprint density at radius 3 is 2.71 bits per heavy atom. The number of aromatic nitrogens is 3. The van der Waals surface area contributed by atoms with Gasteiger partial charge in [0.1, 0.15) is 10.7 Å². The van der Waals surface area contributed by atoms with Crippen LogP contribution >= 0.6 is 22.9 Å². The van der Waals surface area contributed by atoms with Gasteiger partial charge >= 0.3 is 0 Å². The summed E-state index contributed by atoms with van der Waals surface area (Å²) in [5.74, 6) is -0.0453. The first-order valence-electron chi connectivity index (χ1n) is 8.14. The number of hydrogen-bond donors (Lipinski definition) is 1. The van der Waals surface area contributed by atoms with Crippen molar-refractivity contribution in [3.05, 3.63) is 70.6 Å². The van der Waals surface area contributed by atoms with E-state index in [1.807, 2.05) is 0 Å². The lowest BCUT2D eigenvalue weighted by Crippen LogP contribution is -2.11. The Labute approximate surface area is 168 Å². The number of carbonyl (C=O) groups excluding carboxylic acids is 1. The Morgan fingerprint density at radius 2 is 1.96 bits per heavy atom. The van der Waals surface area contributed by atoms with E-state index in [0.717, 1.165) is 0 Å². The summed E-state index contributed by atoms with van der Waals surface area (Å²) in [4.78, 5) is 21.7. The molecule has 0 radical (unpaired) electrons. The molecule has 2 heterocycles. The van der Waals surface area contributed by atoms with Crippen molar-refractivity contribution < 1.29 is 13.7 Å². The molecule has 0 saturated carbocycles. The highest BCUT2D eigenvalue weighted by Gasteiger charge is 2.18. The second kappa shape index (κ2) is 7.49. The summed E-state index contributed by atoms with van der Waals surface area (Å²) in [7, 11) is 0. The molecule has 2 aromatic heterocycles. The standard InChI is InChI=1S/C19H12ClFN4O2S/c1-10-15(18-23-16(25-27-18)11-5-7-14(21)8-6-11)28-19(22-10)24-17(26)12-3-2-4-13(20)9-12/h2-9H,1H3,(H,22,24,26). The molecule has 9 heteroatoms. The Bertz CT molecular complexity index is 1160. The second-order valence-corrected chi connectivity index (χ2v) is 7.26. The van der Waals surface area contributed by atoms with Gasteiger partial charge in [0.2, 0.25) is 5.82 Å². The molecule has 1 amide bonds. The van der Waals surface area contributed by atoms with Crippen LogP contribution in [-0.2, 0) is 0 Å². The molecule has 4 rings (SSSR count). The van der Waals surface area contributed by atoms with Crippen LogP contribution in [0.2, 0.25) is 5.02 Å². The number of anilines is 1. The topological polar surface area (TPSA) is 80.9 Å². The van der Waals surface area contributed by atoms with Crippen molar-refractivity contribution in [3.8, 4) is 22.2 Å². The first-order valence-corrected chi connectivity index (χ1v) is 9.33. The number of hydrogen-bond acceptors (Lipinski definition) is 6. The predicted molar refractivity (Wildman–Crippen MR) is 105 cm³/mol. The van der Waals surface area contributed by atoms with Gasteiger partial charge in [-0.15, -0.1) is 0 Å². The maximum absolute atomic E-state index is 13.1. The average Bonchev–Trinajstić information content (AvgIpc) is 3.29. The van der Waals surface area contributed by atoms with E-state index < -0.39 is 0 Å².